The largest absolute Gasteiger partial charge is 0.382 e. The Morgan fingerprint density at radius 3 is 2.10 bits per heavy atom. The molecule has 0 amide bonds. The van der Waals surface area contributed by atoms with Gasteiger partial charge in [-0.25, -0.2) is 0 Å². The Morgan fingerprint density at radius 1 is 1.20 bits per heavy atom. The Labute approximate surface area is 63.5 Å². The SMILES string of the molecule is COCC(CC(C)C)OC. The number of hydrogen-bond acceptors (Lipinski definition) is 2. The lowest BCUT2D eigenvalue weighted by atomic mass is 10.1. The summed E-state index contributed by atoms with van der Waals surface area (Å²) in [6, 6.07) is 0. The van der Waals surface area contributed by atoms with Crippen LogP contribution in [0.3, 0.4) is 0 Å². The minimum absolute atomic E-state index is 0.269. The summed E-state index contributed by atoms with van der Waals surface area (Å²) in [5, 5.41) is 0. The molecule has 0 aliphatic carbocycles. The van der Waals surface area contributed by atoms with Crippen LogP contribution in [0.4, 0.5) is 0 Å². The number of ether oxygens (including phenoxy) is 2. The molecule has 0 bridgehead atoms. The Bertz CT molecular complexity index is 71.7. The standard InChI is InChI=1S/C8H18O2/c1-7(2)5-8(10-4)6-9-3/h7-8H,5-6H2,1-4H3. The van der Waals surface area contributed by atoms with Crippen LogP contribution in [0.5, 0.6) is 0 Å². The summed E-state index contributed by atoms with van der Waals surface area (Å²) in [6.45, 7) is 5.07. The first kappa shape index (κ1) is 9.92. The summed E-state index contributed by atoms with van der Waals surface area (Å²) in [7, 11) is 3.43. The highest BCUT2D eigenvalue weighted by atomic mass is 16.5. The van der Waals surface area contributed by atoms with Crippen LogP contribution in [0.25, 0.3) is 0 Å². The van der Waals surface area contributed by atoms with E-state index in [2.05, 4.69) is 13.8 Å². The monoisotopic (exact) mass is 146 g/mol. The predicted molar refractivity (Wildman–Crippen MR) is 42.1 cm³/mol. The van der Waals surface area contributed by atoms with Crippen molar-refractivity contribution >= 4 is 0 Å². The maximum absolute atomic E-state index is 5.18. The van der Waals surface area contributed by atoms with Crippen molar-refractivity contribution in [3.05, 3.63) is 0 Å². The van der Waals surface area contributed by atoms with Gasteiger partial charge in [0, 0.05) is 14.2 Å². The first-order valence-corrected chi connectivity index (χ1v) is 3.72. The molecule has 0 aliphatic heterocycles. The van der Waals surface area contributed by atoms with Crippen LogP contribution in [-0.4, -0.2) is 26.9 Å². The molecule has 0 N–H and O–H groups in total. The fraction of sp³-hybridized carbons (Fsp3) is 1.00. The number of rotatable bonds is 5. The molecular weight excluding hydrogens is 128 g/mol. The Hall–Kier alpha value is -0.0800. The van der Waals surface area contributed by atoms with Crippen LogP contribution in [0.15, 0.2) is 0 Å². The molecule has 2 heteroatoms. The van der Waals surface area contributed by atoms with Crippen LogP contribution in [-0.2, 0) is 9.47 Å². The lowest BCUT2D eigenvalue weighted by molar-refractivity contribution is 0.0165. The van der Waals surface area contributed by atoms with Crippen molar-refractivity contribution in [2.24, 2.45) is 5.92 Å². The van der Waals surface area contributed by atoms with Gasteiger partial charge < -0.3 is 9.47 Å². The topological polar surface area (TPSA) is 18.5 Å². The number of hydrogen-bond donors (Lipinski definition) is 0. The minimum atomic E-state index is 0.269. The van der Waals surface area contributed by atoms with Crippen molar-refractivity contribution < 1.29 is 9.47 Å². The van der Waals surface area contributed by atoms with E-state index in [1.165, 1.54) is 0 Å². The van der Waals surface area contributed by atoms with Gasteiger partial charge in [0.1, 0.15) is 0 Å². The first-order chi connectivity index (χ1) is 4.70. The molecule has 0 spiro atoms. The molecule has 1 atom stereocenters. The van der Waals surface area contributed by atoms with Crippen LogP contribution in [0.2, 0.25) is 0 Å². The zero-order valence-corrected chi connectivity index (χ0v) is 7.39. The van der Waals surface area contributed by atoms with E-state index in [1.807, 2.05) is 0 Å². The Morgan fingerprint density at radius 2 is 1.80 bits per heavy atom. The highest BCUT2D eigenvalue weighted by Crippen LogP contribution is 2.06. The van der Waals surface area contributed by atoms with Gasteiger partial charge in [0.2, 0.25) is 0 Å². The van der Waals surface area contributed by atoms with Crippen LogP contribution >= 0.6 is 0 Å². The lowest BCUT2D eigenvalue weighted by Crippen LogP contribution is -2.19. The third kappa shape index (κ3) is 4.77. The maximum atomic E-state index is 5.18. The lowest BCUT2D eigenvalue weighted by Gasteiger charge is -2.15. The summed E-state index contributed by atoms with van der Waals surface area (Å²) in [5.74, 6) is 0.681. The van der Waals surface area contributed by atoms with E-state index in [9.17, 15) is 0 Å². The molecule has 1 unspecified atom stereocenters. The van der Waals surface area contributed by atoms with Gasteiger partial charge in [0.15, 0.2) is 0 Å². The maximum Gasteiger partial charge on any atom is 0.0807 e. The van der Waals surface area contributed by atoms with E-state index >= 15 is 0 Å². The van der Waals surface area contributed by atoms with Gasteiger partial charge in [-0.05, 0) is 12.3 Å². The minimum Gasteiger partial charge on any atom is -0.382 e. The van der Waals surface area contributed by atoms with E-state index in [1.54, 1.807) is 14.2 Å². The molecule has 0 heterocycles. The van der Waals surface area contributed by atoms with Crippen LogP contribution < -0.4 is 0 Å². The second-order valence-electron chi connectivity index (χ2n) is 2.94. The van der Waals surface area contributed by atoms with Gasteiger partial charge in [0.05, 0.1) is 12.7 Å². The normalized spacial score (nSPS) is 14.1. The average Bonchev–Trinajstić information content (AvgIpc) is 1.86. The summed E-state index contributed by atoms with van der Waals surface area (Å²) in [4.78, 5) is 0. The molecule has 62 valence electrons. The highest BCUT2D eigenvalue weighted by molar-refractivity contribution is 4.58. The molecule has 0 fully saturated rings. The van der Waals surface area contributed by atoms with E-state index < -0.39 is 0 Å². The van der Waals surface area contributed by atoms with E-state index in [-0.39, 0.29) is 6.10 Å². The molecule has 0 radical (unpaired) electrons. The van der Waals surface area contributed by atoms with Gasteiger partial charge in [-0.1, -0.05) is 13.8 Å². The summed E-state index contributed by atoms with van der Waals surface area (Å²) in [5.41, 5.74) is 0. The summed E-state index contributed by atoms with van der Waals surface area (Å²) < 4.78 is 10.1. The molecular formula is C8H18O2. The van der Waals surface area contributed by atoms with Crippen molar-refractivity contribution in [2.45, 2.75) is 26.4 Å². The molecule has 2 nitrogen and oxygen atoms in total. The zero-order chi connectivity index (χ0) is 7.98. The van der Waals surface area contributed by atoms with Crippen molar-refractivity contribution in [2.75, 3.05) is 20.8 Å². The van der Waals surface area contributed by atoms with Crippen molar-refractivity contribution in [3.8, 4) is 0 Å². The Kier molecular flexibility index (Phi) is 5.64. The van der Waals surface area contributed by atoms with Crippen LogP contribution in [0.1, 0.15) is 20.3 Å². The van der Waals surface area contributed by atoms with Crippen molar-refractivity contribution in [3.63, 3.8) is 0 Å². The van der Waals surface area contributed by atoms with Crippen LogP contribution in [0, 0.1) is 5.92 Å². The fourth-order valence-corrected chi connectivity index (χ4v) is 0.944. The third-order valence-corrected chi connectivity index (χ3v) is 1.42. The molecule has 10 heavy (non-hydrogen) atoms. The molecule has 0 aromatic carbocycles. The molecule has 0 saturated carbocycles. The highest BCUT2D eigenvalue weighted by Gasteiger charge is 2.07. The zero-order valence-electron chi connectivity index (χ0n) is 7.39. The average molecular weight is 146 g/mol. The quantitative estimate of drug-likeness (QED) is 0.587. The third-order valence-electron chi connectivity index (χ3n) is 1.42. The van der Waals surface area contributed by atoms with Crippen molar-refractivity contribution in [1.29, 1.82) is 0 Å². The fourth-order valence-electron chi connectivity index (χ4n) is 0.944. The number of methoxy groups -OCH3 is 2. The molecule has 0 aromatic rings. The second-order valence-corrected chi connectivity index (χ2v) is 2.94. The molecule has 0 rings (SSSR count). The smallest absolute Gasteiger partial charge is 0.0807 e. The summed E-state index contributed by atoms with van der Waals surface area (Å²) in [6.07, 6.45) is 1.34. The second kappa shape index (κ2) is 5.69. The van der Waals surface area contributed by atoms with Crippen molar-refractivity contribution in [1.82, 2.24) is 0 Å². The van der Waals surface area contributed by atoms with E-state index in [4.69, 9.17) is 9.47 Å². The van der Waals surface area contributed by atoms with Gasteiger partial charge in [-0.2, -0.15) is 0 Å². The molecule has 0 saturated heterocycles. The predicted octanol–water partition coefficient (Wildman–Crippen LogP) is 1.69. The van der Waals surface area contributed by atoms with Gasteiger partial charge in [0.25, 0.3) is 0 Å². The van der Waals surface area contributed by atoms with Gasteiger partial charge >= 0.3 is 0 Å². The molecule has 0 aromatic heterocycles. The summed E-state index contributed by atoms with van der Waals surface area (Å²) >= 11 is 0. The van der Waals surface area contributed by atoms with E-state index in [0.717, 1.165) is 6.42 Å². The van der Waals surface area contributed by atoms with Gasteiger partial charge in [-0.3, -0.25) is 0 Å². The Balaban J connectivity index is 3.39. The first-order valence-electron chi connectivity index (χ1n) is 3.72. The molecule has 0 aliphatic rings. The van der Waals surface area contributed by atoms with Gasteiger partial charge in [-0.15, -0.1) is 0 Å². The van der Waals surface area contributed by atoms with E-state index in [0.29, 0.717) is 12.5 Å².